The monoisotopic (exact) mass is 1040 g/mol. The number of hydrogen-bond donors (Lipinski definition) is 4. The maximum absolute atomic E-state index is 12.8. The first-order valence-electron chi connectivity index (χ1n) is 25.9. The van der Waals surface area contributed by atoms with Gasteiger partial charge in [-0.2, -0.15) is 0 Å². The Morgan fingerprint density at radius 1 is 0.543 bits per heavy atom. The van der Waals surface area contributed by atoms with Crippen LogP contribution in [0.5, 0.6) is 0 Å². The summed E-state index contributed by atoms with van der Waals surface area (Å²) >= 11 is 0. The van der Waals surface area contributed by atoms with Crippen LogP contribution in [0.25, 0.3) is 0 Å². The molecule has 0 spiro atoms. The Morgan fingerprint density at radius 2 is 0.957 bits per heavy atom. The molecule has 0 saturated heterocycles. The lowest BCUT2D eigenvalue weighted by atomic mass is 10.0. The lowest BCUT2D eigenvalue weighted by molar-refractivity contribution is -1.05. The minimum Gasteiger partial charge on any atom is -1.00 e. The van der Waals surface area contributed by atoms with Gasteiger partial charge in [-0.05, 0) is 77.0 Å². The van der Waals surface area contributed by atoms with Crippen LogP contribution < -0.4 is 35.4 Å². The lowest BCUT2D eigenvalue weighted by Gasteiger charge is -2.30. The Kier molecular flexibility index (Phi) is 45.0. The van der Waals surface area contributed by atoms with Gasteiger partial charge in [-0.3, -0.25) is 19.2 Å². The van der Waals surface area contributed by atoms with E-state index in [1.54, 1.807) is 14.1 Å². The number of hydrogen-bond acceptors (Lipinski definition) is 12. The second-order valence-corrected chi connectivity index (χ2v) is 19.4. The van der Waals surface area contributed by atoms with Gasteiger partial charge in [0.05, 0.1) is 26.3 Å². The third-order valence-corrected chi connectivity index (χ3v) is 11.5. The number of carbonyl (C=O) groups excluding carboxylic acids is 6. The molecule has 0 saturated carbocycles. The van der Waals surface area contributed by atoms with E-state index in [1.165, 1.54) is 13.8 Å². The third-order valence-electron chi connectivity index (χ3n) is 11.5. The van der Waals surface area contributed by atoms with Crippen molar-refractivity contribution in [2.24, 2.45) is 0 Å². The van der Waals surface area contributed by atoms with Crippen LogP contribution >= 0.6 is 0 Å². The molecule has 0 bridgehead atoms. The van der Waals surface area contributed by atoms with Crippen LogP contribution in [0.4, 0.5) is 0 Å². The Bertz CT molecular complexity index is 1470. The van der Waals surface area contributed by atoms with Crippen molar-refractivity contribution in [3.63, 3.8) is 0 Å². The van der Waals surface area contributed by atoms with Gasteiger partial charge in [0.15, 0.2) is 6.54 Å². The summed E-state index contributed by atoms with van der Waals surface area (Å²) in [4.78, 5) is 77.4. The molecule has 0 aliphatic heterocycles. The smallest absolute Gasteiger partial charge is 0.366 e. The van der Waals surface area contributed by atoms with Crippen molar-refractivity contribution in [2.45, 2.75) is 206 Å². The van der Waals surface area contributed by atoms with Crippen molar-refractivity contribution in [3.05, 3.63) is 24.3 Å². The van der Waals surface area contributed by atoms with E-state index < -0.39 is 36.4 Å². The van der Waals surface area contributed by atoms with Crippen LogP contribution in [0, 0.1) is 0 Å². The van der Waals surface area contributed by atoms with E-state index in [0.717, 1.165) is 116 Å². The molecule has 0 heterocycles. The number of likely N-dealkylation sites (N-methyl/N-ethyl adjacent to an activating group) is 2. The molecule has 70 heavy (non-hydrogen) atoms. The fourth-order valence-electron chi connectivity index (χ4n) is 7.57. The number of quaternary nitrogens is 2. The number of amides is 2. The highest BCUT2D eigenvalue weighted by atomic mass is 35.5. The van der Waals surface area contributed by atoms with Gasteiger partial charge in [0.1, 0.15) is 39.5 Å². The van der Waals surface area contributed by atoms with E-state index in [2.05, 4.69) is 36.6 Å². The zero-order chi connectivity index (χ0) is 51.1. The fraction of sp³-hybridized carbons (Fsp3) is 0.808. The van der Waals surface area contributed by atoms with Crippen molar-refractivity contribution < 1.29 is 92.0 Å². The van der Waals surface area contributed by atoms with Crippen molar-refractivity contribution in [3.8, 4) is 0 Å². The van der Waals surface area contributed by atoms with Crippen molar-refractivity contribution in [1.82, 2.24) is 10.6 Å². The zero-order valence-corrected chi connectivity index (χ0v) is 46.0. The number of rotatable bonds is 43. The Morgan fingerprint density at radius 3 is 1.37 bits per heavy atom. The van der Waals surface area contributed by atoms with Gasteiger partial charge in [0, 0.05) is 39.8 Å². The van der Waals surface area contributed by atoms with Crippen LogP contribution in [0.2, 0.25) is 0 Å². The standard InChI is InChI=1S/C52H94N4O12.2ClH/c1-9-11-25-33-47(66-51(63)41-55(5,6)39-40-65-43(3)57)45(59)31-27-21-17-13-15-19-23-29-35-49(61)53-37-38-54-50(62)36-30-24-20-16-14-18-22-28-32-46(60)48(34-26-12-10-2)67-52(64)42-56(7,8)68-44(4)58;;/h21-22,27-28,45-48,59-60H,9-20,23-26,29-42H2,1-8H3;2*1H/b27-21-,28-22-;;. The van der Waals surface area contributed by atoms with Gasteiger partial charge in [-0.15, -0.1) is 4.65 Å². The van der Waals surface area contributed by atoms with Gasteiger partial charge in [-0.25, -0.2) is 14.4 Å². The Hall–Kier alpha value is -3.28. The summed E-state index contributed by atoms with van der Waals surface area (Å²) in [6.45, 7) is 8.34. The number of aliphatic hydroxyl groups excluding tert-OH is 2. The van der Waals surface area contributed by atoms with Gasteiger partial charge >= 0.3 is 23.9 Å². The molecule has 0 aliphatic carbocycles. The zero-order valence-electron chi connectivity index (χ0n) is 44.5. The van der Waals surface area contributed by atoms with Crippen molar-refractivity contribution in [2.75, 3.05) is 67.5 Å². The van der Waals surface area contributed by atoms with E-state index in [1.807, 2.05) is 26.2 Å². The largest absolute Gasteiger partial charge is 1.00 e. The third kappa shape index (κ3) is 43.5. The molecule has 4 atom stereocenters. The maximum Gasteiger partial charge on any atom is 0.366 e. The molecule has 4 unspecified atom stereocenters. The van der Waals surface area contributed by atoms with Crippen molar-refractivity contribution >= 4 is 35.7 Å². The predicted octanol–water partition coefficient (Wildman–Crippen LogP) is 1.48. The topological polar surface area (TPSA) is 204 Å². The average molecular weight is 1040 g/mol. The van der Waals surface area contributed by atoms with E-state index in [0.29, 0.717) is 62.6 Å². The molecule has 0 aromatic rings. The lowest BCUT2D eigenvalue weighted by Crippen LogP contribution is -3.00. The minimum atomic E-state index is -0.817. The number of esters is 3. The molecule has 0 aromatic heterocycles. The first-order chi connectivity index (χ1) is 32.3. The maximum atomic E-state index is 12.8. The molecule has 0 radical (unpaired) electrons. The molecule has 0 aromatic carbocycles. The highest BCUT2D eigenvalue weighted by Gasteiger charge is 2.30. The Balaban J connectivity index is -0.0000224. The van der Waals surface area contributed by atoms with Crippen LogP contribution in [0.1, 0.15) is 182 Å². The van der Waals surface area contributed by atoms with E-state index in [-0.39, 0.29) is 72.9 Å². The molecule has 410 valence electrons. The quantitative estimate of drug-likeness (QED) is 0.0172. The van der Waals surface area contributed by atoms with Gasteiger partial charge < -0.3 is 64.4 Å². The normalized spacial score (nSPS) is 13.3. The molecular formula is C52H96Cl2N4O12. The summed E-state index contributed by atoms with van der Waals surface area (Å²) in [6, 6.07) is 0. The van der Waals surface area contributed by atoms with Gasteiger partial charge in [0.2, 0.25) is 18.4 Å². The average Bonchev–Trinajstić information content (AvgIpc) is 3.24. The number of allylic oxidation sites excluding steroid dienone is 2. The summed E-state index contributed by atoms with van der Waals surface area (Å²) in [6.07, 6.45) is 25.4. The second kappa shape index (κ2) is 44.4. The molecule has 4 N–H and O–H groups in total. The van der Waals surface area contributed by atoms with Gasteiger partial charge in [0.25, 0.3) is 0 Å². The minimum absolute atomic E-state index is 0. The summed E-state index contributed by atoms with van der Waals surface area (Å²) in [7, 11) is 6.95. The summed E-state index contributed by atoms with van der Waals surface area (Å²) < 4.78 is 16.5. The number of nitrogens with one attached hydrogen (secondary N) is 2. The first kappa shape index (κ1) is 71.0. The van der Waals surface area contributed by atoms with E-state index in [4.69, 9.17) is 19.0 Å². The summed E-state index contributed by atoms with van der Waals surface area (Å²) in [5, 5.41) is 27.5. The molecule has 0 fully saturated rings. The number of hydroxylamine groups is 3. The van der Waals surface area contributed by atoms with Crippen LogP contribution in [0.3, 0.4) is 0 Å². The number of unbranched alkanes of at least 4 members (excludes halogenated alkanes) is 14. The van der Waals surface area contributed by atoms with Gasteiger partial charge in [-0.1, -0.05) is 102 Å². The highest BCUT2D eigenvalue weighted by molar-refractivity contribution is 5.77. The molecule has 18 heteroatoms. The molecule has 0 aliphatic rings. The predicted molar refractivity (Wildman–Crippen MR) is 265 cm³/mol. The SMILES string of the molecule is CCCCCC(OC(=O)C[N+](C)(C)CCOC(C)=O)C(O)C/C=C\CCCCCCCC(=O)NCCNC(=O)CCCCCCC/C=C\CC(O)C(CCCCC)OC(=O)C[N+](C)(C)OC(C)=O.[Cl-].[Cl-]. The number of ether oxygens (including phenoxy) is 3. The second-order valence-electron chi connectivity index (χ2n) is 19.4. The fourth-order valence-corrected chi connectivity index (χ4v) is 7.57. The molecule has 16 nitrogen and oxygen atoms in total. The summed E-state index contributed by atoms with van der Waals surface area (Å²) in [5.74, 6) is -1.74. The Labute approximate surface area is 434 Å². The molecule has 0 rings (SSSR count). The number of nitrogens with zero attached hydrogens (tertiary/aromatic N) is 2. The van der Waals surface area contributed by atoms with Crippen molar-refractivity contribution in [1.29, 1.82) is 0 Å². The molecular weight excluding hydrogens is 943 g/mol. The summed E-state index contributed by atoms with van der Waals surface area (Å²) in [5.41, 5.74) is 0. The van der Waals surface area contributed by atoms with Crippen LogP contribution in [-0.2, 0) is 47.8 Å². The van der Waals surface area contributed by atoms with Crippen LogP contribution in [0.15, 0.2) is 24.3 Å². The number of carbonyl (C=O) groups is 6. The van der Waals surface area contributed by atoms with E-state index >= 15 is 0 Å². The number of halogens is 2. The highest BCUT2D eigenvalue weighted by Crippen LogP contribution is 2.18. The molecule has 2 amide bonds. The van der Waals surface area contributed by atoms with Crippen LogP contribution in [-0.4, -0.2) is 147 Å². The van der Waals surface area contributed by atoms with E-state index in [9.17, 15) is 39.0 Å². The number of aliphatic hydroxyl groups is 2. The first-order valence-corrected chi connectivity index (χ1v) is 25.9.